The molecule has 10 heteroatoms. The minimum atomic E-state index is -4.64. The predicted octanol–water partition coefficient (Wildman–Crippen LogP) is -0.0557. The molecule has 0 N–H and O–H groups in total. The lowest BCUT2D eigenvalue weighted by molar-refractivity contribution is 0.319. The molecule has 6 nitrogen and oxygen atoms in total. The number of rotatable bonds is 4. The van der Waals surface area contributed by atoms with Crippen molar-refractivity contribution in [2.75, 3.05) is 6.07 Å². The maximum Gasteiger partial charge on any atom is 0.416 e. The largest absolute Gasteiger partial charge is 0.416 e. The van der Waals surface area contributed by atoms with E-state index in [1.165, 1.54) is 0 Å². The summed E-state index contributed by atoms with van der Waals surface area (Å²) in [6, 6.07) is -0.755. The smallest absolute Gasteiger partial charge is 0.231 e. The van der Waals surface area contributed by atoms with Crippen molar-refractivity contribution < 1.29 is 24.6 Å². The second-order valence-corrected chi connectivity index (χ2v) is 4.83. The normalized spacial score (nSPS) is 13.3. The van der Waals surface area contributed by atoms with Crippen LogP contribution in [-0.4, -0.2) is 22.9 Å². The molecule has 0 rings (SSSR count). The first kappa shape index (κ1) is 11.4. The Balaban J connectivity index is 4.40. The van der Waals surface area contributed by atoms with Crippen molar-refractivity contribution in [1.29, 1.82) is 0 Å². The Bertz CT molecular complexity index is 299. The molecule has 0 amide bonds. The fourth-order valence-electron chi connectivity index (χ4n) is 0.174. The lowest BCUT2D eigenvalue weighted by Gasteiger charge is -1.97. The van der Waals surface area contributed by atoms with Gasteiger partial charge < -0.3 is 0 Å². The molecule has 0 bridgehead atoms. The van der Waals surface area contributed by atoms with Crippen LogP contribution in [0.15, 0.2) is 0 Å². The lowest BCUT2D eigenvalue weighted by atomic mass is 11.7. The molecule has 0 fully saturated rings. The first-order valence-electron chi connectivity index (χ1n) is 1.88. The average molecular weight is 245 g/mol. The Hall–Kier alpha value is 0.400. The van der Waals surface area contributed by atoms with E-state index in [-0.39, 0.29) is 0 Å². The first-order chi connectivity index (χ1) is 4.77. The van der Waals surface area contributed by atoms with E-state index in [4.69, 9.17) is 11.6 Å². The summed E-state index contributed by atoms with van der Waals surface area (Å²) in [5, 5.41) is 0. The first-order valence-corrected chi connectivity index (χ1v) is 5.98. The highest BCUT2D eigenvalue weighted by Crippen LogP contribution is 2.07. The number of alkyl halides is 1. The van der Waals surface area contributed by atoms with Gasteiger partial charge in [0.2, 0.25) is 0 Å². The van der Waals surface area contributed by atoms with E-state index in [0.29, 0.717) is 0 Å². The molecule has 0 aromatic heterocycles. The molecule has 0 unspecified atom stereocenters. The Morgan fingerprint density at radius 3 is 1.91 bits per heavy atom. The molecular formula is CH2Cl2O6S2. The molecule has 0 spiro atoms. The molecule has 0 aromatic rings. The van der Waals surface area contributed by atoms with E-state index < -0.39 is 25.8 Å². The maximum absolute atomic E-state index is 10.3. The zero-order chi connectivity index (χ0) is 9.12. The van der Waals surface area contributed by atoms with Gasteiger partial charge in [0, 0.05) is 0 Å². The number of hydrogen-bond donors (Lipinski definition) is 0. The van der Waals surface area contributed by atoms with Crippen LogP contribution in [0, 0.1) is 0 Å². The van der Waals surface area contributed by atoms with E-state index >= 15 is 0 Å². The molecule has 0 radical (unpaired) electrons. The highest BCUT2D eigenvalue weighted by molar-refractivity contribution is 8.14. The second-order valence-electron chi connectivity index (χ2n) is 1.10. The molecule has 0 aromatic carbocycles. The summed E-state index contributed by atoms with van der Waals surface area (Å²) in [6.45, 7) is 0. The van der Waals surface area contributed by atoms with Crippen molar-refractivity contribution >= 4 is 42.0 Å². The zero-order valence-corrected chi connectivity index (χ0v) is 7.87. The number of halogens is 2. The molecule has 0 heterocycles. The van der Waals surface area contributed by atoms with Gasteiger partial charge in [0.15, 0.2) is 0 Å². The van der Waals surface area contributed by atoms with Crippen LogP contribution in [0.2, 0.25) is 0 Å². The number of hydrogen-bond acceptors (Lipinski definition) is 6. The zero-order valence-electron chi connectivity index (χ0n) is 4.73. The Morgan fingerprint density at radius 1 is 1.18 bits per heavy atom. The summed E-state index contributed by atoms with van der Waals surface area (Å²) in [5.41, 5.74) is 0. The average Bonchev–Trinajstić information content (AvgIpc) is 1.55. The molecule has 68 valence electrons. The van der Waals surface area contributed by atoms with Gasteiger partial charge in [-0.25, -0.2) is 4.18 Å². The fourth-order valence-corrected chi connectivity index (χ4v) is 2.13. The van der Waals surface area contributed by atoms with Crippen LogP contribution in [-0.2, 0) is 27.5 Å². The molecule has 0 saturated heterocycles. The topological polar surface area (TPSA) is 86.7 Å². The van der Waals surface area contributed by atoms with Crippen LogP contribution in [0.1, 0.15) is 0 Å². The Labute approximate surface area is 73.0 Å². The molecule has 0 aliphatic rings. The molecule has 0 atom stereocenters. The minimum absolute atomic E-state index is 0.755. The van der Waals surface area contributed by atoms with Crippen LogP contribution in [0.4, 0.5) is 0 Å². The molecule has 0 saturated carbocycles. The quantitative estimate of drug-likeness (QED) is 0.509. The Morgan fingerprint density at radius 2 is 1.64 bits per heavy atom. The van der Waals surface area contributed by atoms with E-state index in [1.807, 2.05) is 0 Å². The summed E-state index contributed by atoms with van der Waals surface area (Å²) >= 11 is 4.80. The van der Waals surface area contributed by atoms with Gasteiger partial charge in [0.1, 0.15) is 6.07 Å². The van der Waals surface area contributed by atoms with Gasteiger partial charge in [-0.3, -0.25) is 0 Å². The minimum Gasteiger partial charge on any atom is -0.231 e. The van der Waals surface area contributed by atoms with Crippen molar-refractivity contribution in [2.24, 2.45) is 0 Å². The standard InChI is InChI=1S/CH2Cl2O6S2/c2-1-8-11(6,7)9-10(3,4)5/h1H2. The van der Waals surface area contributed by atoms with Crippen molar-refractivity contribution in [3.8, 4) is 0 Å². The summed E-state index contributed by atoms with van der Waals surface area (Å²) in [4.78, 5) is 0. The highest BCUT2D eigenvalue weighted by atomic mass is 35.7. The van der Waals surface area contributed by atoms with E-state index in [0.717, 1.165) is 0 Å². The van der Waals surface area contributed by atoms with Gasteiger partial charge in [-0.05, 0) is 0 Å². The van der Waals surface area contributed by atoms with Gasteiger partial charge >= 0.3 is 19.7 Å². The van der Waals surface area contributed by atoms with E-state index in [1.54, 1.807) is 0 Å². The second kappa shape index (κ2) is 3.87. The summed E-state index contributed by atoms with van der Waals surface area (Å²) < 4.78 is 47.4. The maximum atomic E-state index is 10.3. The summed E-state index contributed by atoms with van der Waals surface area (Å²) in [7, 11) is -4.84. The van der Waals surface area contributed by atoms with Crippen LogP contribution < -0.4 is 0 Å². The summed E-state index contributed by atoms with van der Waals surface area (Å²) in [6.07, 6.45) is 0. The predicted molar refractivity (Wildman–Crippen MR) is 36.6 cm³/mol. The van der Waals surface area contributed by atoms with Gasteiger partial charge in [-0.2, -0.15) is 16.8 Å². The highest BCUT2D eigenvalue weighted by Gasteiger charge is 2.20. The SMILES string of the molecule is O=S(=O)(Cl)OS(=O)(=O)OCCl. The van der Waals surface area contributed by atoms with Gasteiger partial charge in [-0.1, -0.05) is 11.6 Å². The van der Waals surface area contributed by atoms with Crippen molar-refractivity contribution in [3.63, 3.8) is 0 Å². The van der Waals surface area contributed by atoms with Crippen LogP contribution in [0.3, 0.4) is 0 Å². The molecule has 0 aliphatic carbocycles. The van der Waals surface area contributed by atoms with Crippen LogP contribution in [0.25, 0.3) is 0 Å². The molecule has 0 aliphatic heterocycles. The molecular weight excluding hydrogens is 243 g/mol. The Kier molecular flexibility index (Phi) is 4.02. The molecule has 11 heavy (non-hydrogen) atoms. The van der Waals surface area contributed by atoms with Crippen molar-refractivity contribution in [3.05, 3.63) is 0 Å². The summed E-state index contributed by atoms with van der Waals surface area (Å²) in [5.74, 6) is 0. The third kappa shape index (κ3) is 6.78. The van der Waals surface area contributed by atoms with Crippen molar-refractivity contribution in [1.82, 2.24) is 0 Å². The van der Waals surface area contributed by atoms with Gasteiger partial charge in [0.05, 0.1) is 10.7 Å². The third-order valence-corrected chi connectivity index (χ3v) is 2.78. The fraction of sp³-hybridized carbons (Fsp3) is 1.00. The lowest BCUT2D eigenvalue weighted by Crippen LogP contribution is -2.11. The monoisotopic (exact) mass is 244 g/mol. The third-order valence-electron chi connectivity index (χ3n) is 0.353. The van der Waals surface area contributed by atoms with Gasteiger partial charge in [-0.15, -0.1) is 3.63 Å². The van der Waals surface area contributed by atoms with E-state index in [9.17, 15) is 16.8 Å². The van der Waals surface area contributed by atoms with Crippen molar-refractivity contribution in [2.45, 2.75) is 0 Å². The van der Waals surface area contributed by atoms with Gasteiger partial charge in [0.25, 0.3) is 0 Å². The van der Waals surface area contributed by atoms with Crippen LogP contribution in [0.5, 0.6) is 0 Å². The van der Waals surface area contributed by atoms with Crippen LogP contribution >= 0.6 is 22.3 Å². The van der Waals surface area contributed by atoms with E-state index in [2.05, 4.69) is 18.5 Å².